The van der Waals surface area contributed by atoms with Crippen LogP contribution < -0.4 is 0 Å². The molecule has 0 amide bonds. The number of benzene rings is 1. The SMILES string of the molecule is O=C(O)c1cc2c(Br)cc(Cl)cc2c(Cl)n1. The highest BCUT2D eigenvalue weighted by Gasteiger charge is 2.12. The maximum absolute atomic E-state index is 10.8. The summed E-state index contributed by atoms with van der Waals surface area (Å²) in [7, 11) is 0. The van der Waals surface area contributed by atoms with E-state index in [-0.39, 0.29) is 10.8 Å². The van der Waals surface area contributed by atoms with Crippen molar-refractivity contribution in [1.82, 2.24) is 4.98 Å². The second kappa shape index (κ2) is 4.20. The van der Waals surface area contributed by atoms with Gasteiger partial charge in [0.15, 0.2) is 5.69 Å². The standard InChI is InChI=1S/C10H4BrCl2NO2/c11-7-2-4(12)1-6-5(7)3-8(10(15)16)14-9(6)13/h1-3H,(H,15,16). The number of carboxylic acids is 1. The lowest BCUT2D eigenvalue weighted by Crippen LogP contribution is -2.00. The van der Waals surface area contributed by atoms with Crippen molar-refractivity contribution in [3.8, 4) is 0 Å². The van der Waals surface area contributed by atoms with Gasteiger partial charge in [0.25, 0.3) is 0 Å². The third kappa shape index (κ3) is 2.00. The molecule has 0 spiro atoms. The first kappa shape index (κ1) is 11.6. The fourth-order valence-electron chi connectivity index (χ4n) is 1.35. The summed E-state index contributed by atoms with van der Waals surface area (Å²) in [6.07, 6.45) is 0. The van der Waals surface area contributed by atoms with Gasteiger partial charge in [0.1, 0.15) is 5.15 Å². The van der Waals surface area contributed by atoms with E-state index in [1.54, 1.807) is 12.1 Å². The first-order valence-electron chi connectivity index (χ1n) is 4.17. The zero-order chi connectivity index (χ0) is 11.9. The van der Waals surface area contributed by atoms with Crippen LogP contribution in [0.2, 0.25) is 10.2 Å². The lowest BCUT2D eigenvalue weighted by atomic mass is 10.1. The average Bonchev–Trinajstić information content (AvgIpc) is 2.19. The molecule has 0 unspecified atom stereocenters. The molecule has 0 fully saturated rings. The third-order valence-corrected chi connectivity index (χ3v) is 3.20. The number of hydrogen-bond acceptors (Lipinski definition) is 2. The molecular weight excluding hydrogens is 317 g/mol. The monoisotopic (exact) mass is 319 g/mol. The molecule has 1 N–H and O–H groups in total. The Morgan fingerprint density at radius 3 is 2.56 bits per heavy atom. The summed E-state index contributed by atoms with van der Waals surface area (Å²) in [6, 6.07) is 4.76. The van der Waals surface area contributed by atoms with Gasteiger partial charge >= 0.3 is 5.97 Å². The minimum absolute atomic E-state index is 0.0967. The summed E-state index contributed by atoms with van der Waals surface area (Å²) in [5.41, 5.74) is -0.0967. The van der Waals surface area contributed by atoms with Crippen molar-refractivity contribution < 1.29 is 9.90 Å². The maximum Gasteiger partial charge on any atom is 0.354 e. The van der Waals surface area contributed by atoms with Crippen LogP contribution in [-0.2, 0) is 0 Å². The van der Waals surface area contributed by atoms with Crippen molar-refractivity contribution in [1.29, 1.82) is 0 Å². The van der Waals surface area contributed by atoms with Crippen LogP contribution in [0.4, 0.5) is 0 Å². The lowest BCUT2D eigenvalue weighted by Gasteiger charge is -2.05. The van der Waals surface area contributed by atoms with E-state index in [0.29, 0.717) is 20.3 Å². The molecular formula is C10H4BrCl2NO2. The van der Waals surface area contributed by atoms with Crippen LogP contribution in [-0.4, -0.2) is 16.1 Å². The van der Waals surface area contributed by atoms with E-state index in [2.05, 4.69) is 20.9 Å². The average molecular weight is 321 g/mol. The number of pyridine rings is 1. The molecule has 82 valence electrons. The van der Waals surface area contributed by atoms with Gasteiger partial charge in [-0.05, 0) is 18.2 Å². The lowest BCUT2D eigenvalue weighted by molar-refractivity contribution is 0.0690. The molecule has 2 aromatic rings. The summed E-state index contributed by atoms with van der Waals surface area (Å²) in [4.78, 5) is 14.6. The van der Waals surface area contributed by atoms with Gasteiger partial charge in [-0.3, -0.25) is 0 Å². The topological polar surface area (TPSA) is 50.2 Å². The van der Waals surface area contributed by atoms with Gasteiger partial charge in [-0.15, -0.1) is 0 Å². The van der Waals surface area contributed by atoms with Gasteiger partial charge in [-0.1, -0.05) is 39.1 Å². The number of fused-ring (bicyclic) bond motifs is 1. The Morgan fingerprint density at radius 2 is 1.94 bits per heavy atom. The van der Waals surface area contributed by atoms with Crippen LogP contribution in [0.25, 0.3) is 10.8 Å². The summed E-state index contributed by atoms with van der Waals surface area (Å²) in [6.45, 7) is 0. The normalized spacial score (nSPS) is 10.7. The summed E-state index contributed by atoms with van der Waals surface area (Å²) in [5.74, 6) is -1.12. The maximum atomic E-state index is 10.8. The van der Waals surface area contributed by atoms with E-state index >= 15 is 0 Å². The Morgan fingerprint density at radius 1 is 1.25 bits per heavy atom. The molecule has 0 aliphatic carbocycles. The molecule has 0 radical (unpaired) electrons. The summed E-state index contributed by atoms with van der Waals surface area (Å²) >= 11 is 15.1. The molecule has 1 heterocycles. The second-order valence-electron chi connectivity index (χ2n) is 3.09. The van der Waals surface area contributed by atoms with Crippen LogP contribution in [0.3, 0.4) is 0 Å². The molecule has 1 aromatic carbocycles. The molecule has 0 aliphatic rings. The highest BCUT2D eigenvalue weighted by Crippen LogP contribution is 2.32. The van der Waals surface area contributed by atoms with Gasteiger partial charge in [0, 0.05) is 20.3 Å². The Labute approximate surface area is 109 Å². The van der Waals surface area contributed by atoms with Gasteiger partial charge in [0.05, 0.1) is 0 Å². The Kier molecular flexibility index (Phi) is 3.06. The van der Waals surface area contributed by atoms with Gasteiger partial charge < -0.3 is 5.11 Å². The minimum atomic E-state index is -1.12. The Hall–Kier alpha value is -0.840. The van der Waals surface area contributed by atoms with Crippen LogP contribution >= 0.6 is 39.1 Å². The minimum Gasteiger partial charge on any atom is -0.477 e. The second-order valence-corrected chi connectivity index (χ2v) is 4.73. The third-order valence-electron chi connectivity index (χ3n) is 2.04. The van der Waals surface area contributed by atoms with Crippen LogP contribution in [0, 0.1) is 0 Å². The molecule has 3 nitrogen and oxygen atoms in total. The van der Waals surface area contributed by atoms with E-state index in [1.165, 1.54) is 6.07 Å². The molecule has 0 aliphatic heterocycles. The van der Waals surface area contributed by atoms with Crippen molar-refractivity contribution in [2.75, 3.05) is 0 Å². The molecule has 1 aromatic heterocycles. The van der Waals surface area contributed by atoms with E-state index < -0.39 is 5.97 Å². The van der Waals surface area contributed by atoms with E-state index in [4.69, 9.17) is 28.3 Å². The number of aromatic nitrogens is 1. The molecule has 0 atom stereocenters. The number of hydrogen-bond donors (Lipinski definition) is 1. The molecule has 0 saturated carbocycles. The molecule has 6 heteroatoms. The van der Waals surface area contributed by atoms with Crippen LogP contribution in [0.15, 0.2) is 22.7 Å². The number of rotatable bonds is 1. The molecule has 2 rings (SSSR count). The zero-order valence-corrected chi connectivity index (χ0v) is 10.8. The molecule has 16 heavy (non-hydrogen) atoms. The van der Waals surface area contributed by atoms with Crippen molar-refractivity contribution in [3.05, 3.63) is 38.5 Å². The van der Waals surface area contributed by atoms with Crippen molar-refractivity contribution in [3.63, 3.8) is 0 Å². The van der Waals surface area contributed by atoms with Gasteiger partial charge in [0.2, 0.25) is 0 Å². The number of carbonyl (C=O) groups is 1. The molecule has 0 saturated heterocycles. The number of halogens is 3. The van der Waals surface area contributed by atoms with Crippen LogP contribution in [0.1, 0.15) is 10.5 Å². The number of nitrogens with zero attached hydrogens (tertiary/aromatic N) is 1. The van der Waals surface area contributed by atoms with Crippen molar-refractivity contribution in [2.24, 2.45) is 0 Å². The Balaban J connectivity index is 2.87. The summed E-state index contributed by atoms with van der Waals surface area (Å²) < 4.78 is 0.682. The van der Waals surface area contributed by atoms with Crippen LogP contribution in [0.5, 0.6) is 0 Å². The largest absolute Gasteiger partial charge is 0.477 e. The Bertz CT molecular complexity index is 601. The van der Waals surface area contributed by atoms with E-state index in [1.807, 2.05) is 0 Å². The van der Waals surface area contributed by atoms with Gasteiger partial charge in [-0.25, -0.2) is 9.78 Å². The smallest absolute Gasteiger partial charge is 0.354 e. The number of carboxylic acid groups (broad SMARTS) is 1. The predicted molar refractivity (Wildman–Crippen MR) is 66.4 cm³/mol. The highest BCUT2D eigenvalue weighted by atomic mass is 79.9. The quantitative estimate of drug-likeness (QED) is 0.808. The fraction of sp³-hybridized carbons (Fsp3) is 0. The van der Waals surface area contributed by atoms with Crippen molar-refractivity contribution in [2.45, 2.75) is 0 Å². The summed E-state index contributed by atoms with van der Waals surface area (Å²) in [5, 5.41) is 10.8. The molecule has 0 bridgehead atoms. The highest BCUT2D eigenvalue weighted by molar-refractivity contribution is 9.10. The van der Waals surface area contributed by atoms with E-state index in [0.717, 1.165) is 0 Å². The van der Waals surface area contributed by atoms with E-state index in [9.17, 15) is 4.79 Å². The first-order valence-corrected chi connectivity index (χ1v) is 5.72. The number of aromatic carboxylic acids is 1. The fourth-order valence-corrected chi connectivity index (χ4v) is 2.52. The van der Waals surface area contributed by atoms with Gasteiger partial charge in [-0.2, -0.15) is 0 Å². The predicted octanol–water partition coefficient (Wildman–Crippen LogP) is 4.00. The first-order chi connectivity index (χ1) is 7.49. The zero-order valence-electron chi connectivity index (χ0n) is 7.67. The van der Waals surface area contributed by atoms with Crippen molar-refractivity contribution >= 4 is 55.9 Å².